The normalized spacial score (nSPS) is 15.8. The van der Waals surface area contributed by atoms with Crippen LogP contribution in [0.5, 0.6) is 0 Å². The minimum atomic E-state index is -5.49. The fourth-order valence-electron chi connectivity index (χ4n) is 2.71. The number of hydrogen-bond donors (Lipinski definition) is 6. The maximum absolute atomic E-state index is 13.7. The number of alkyl halides is 6. The SMILES string of the molecule is OCCOCC(O)COCC(O)COCCOCC(F)(F)OC(F)(F)OC(F)(F)COCC(O)COCC(O)COCCO. The summed E-state index contributed by atoms with van der Waals surface area (Å²) in [6.07, 6.45) is -19.9. The molecule has 0 heterocycles. The molecule has 0 aliphatic rings. The van der Waals surface area contributed by atoms with Crippen LogP contribution in [0, 0.1) is 0 Å². The number of rotatable bonds is 31. The standard InChI is InChI=1S/C23H42F6O15/c24-21(25,15-39-6-5-38-9-19(34)12-40-10-17(32)7-36-3-1-30)43-23(28,29)44-22(26,27)16-42-14-20(35)13-41-11-18(33)8-37-4-2-31/h17-20,30-35H,1-16H2. The van der Waals surface area contributed by atoms with E-state index in [1.165, 1.54) is 0 Å². The average molecular weight is 673 g/mol. The Labute approximate surface area is 249 Å². The van der Waals surface area contributed by atoms with Gasteiger partial charge in [0.15, 0.2) is 0 Å². The zero-order chi connectivity index (χ0) is 33.5. The second kappa shape index (κ2) is 24.2. The quantitative estimate of drug-likeness (QED) is 0.0276. The Morgan fingerprint density at radius 1 is 0.409 bits per heavy atom. The van der Waals surface area contributed by atoms with E-state index >= 15 is 0 Å². The summed E-state index contributed by atoms with van der Waals surface area (Å²) in [5.41, 5.74) is 0. The molecule has 0 bridgehead atoms. The van der Waals surface area contributed by atoms with Gasteiger partial charge in [-0.2, -0.15) is 17.6 Å². The van der Waals surface area contributed by atoms with Crippen molar-refractivity contribution in [2.75, 3.05) is 106 Å². The molecule has 0 rings (SSSR count). The summed E-state index contributed by atoms with van der Waals surface area (Å²) in [4.78, 5) is 0. The van der Waals surface area contributed by atoms with E-state index < -0.39 is 76.0 Å². The maximum atomic E-state index is 13.7. The number of hydrogen-bond acceptors (Lipinski definition) is 15. The van der Waals surface area contributed by atoms with Crippen molar-refractivity contribution in [1.29, 1.82) is 0 Å². The molecule has 0 fully saturated rings. The predicted octanol–water partition coefficient (Wildman–Crippen LogP) is -1.70. The van der Waals surface area contributed by atoms with Crippen LogP contribution in [0.15, 0.2) is 0 Å². The first-order valence-electron chi connectivity index (χ1n) is 13.1. The largest absolute Gasteiger partial charge is 0.495 e. The molecular weight excluding hydrogens is 630 g/mol. The third-order valence-corrected chi connectivity index (χ3v) is 4.40. The van der Waals surface area contributed by atoms with E-state index in [4.69, 9.17) is 33.9 Å². The number of aliphatic hydroxyl groups excluding tert-OH is 6. The van der Waals surface area contributed by atoms with E-state index in [-0.39, 0.29) is 72.7 Å². The molecule has 0 aromatic carbocycles. The Bertz CT molecular complexity index is 686. The number of aliphatic hydroxyl groups is 6. The van der Waals surface area contributed by atoms with Gasteiger partial charge in [0.1, 0.15) is 37.6 Å². The van der Waals surface area contributed by atoms with E-state index in [0.717, 1.165) is 0 Å². The molecule has 4 atom stereocenters. The molecule has 0 aromatic rings. The van der Waals surface area contributed by atoms with Crippen molar-refractivity contribution in [2.45, 2.75) is 42.9 Å². The minimum Gasteiger partial charge on any atom is -0.394 e. The van der Waals surface area contributed by atoms with Crippen molar-refractivity contribution in [1.82, 2.24) is 0 Å². The van der Waals surface area contributed by atoms with Gasteiger partial charge in [0.2, 0.25) is 0 Å². The summed E-state index contributed by atoms with van der Waals surface area (Å²) in [5, 5.41) is 55.3. The first-order chi connectivity index (χ1) is 20.6. The van der Waals surface area contributed by atoms with Gasteiger partial charge in [0.05, 0.1) is 92.5 Å². The molecule has 0 aromatic heterocycles. The molecule has 15 nitrogen and oxygen atoms in total. The zero-order valence-electron chi connectivity index (χ0n) is 23.7. The predicted molar refractivity (Wildman–Crippen MR) is 131 cm³/mol. The molecule has 0 amide bonds. The van der Waals surface area contributed by atoms with Gasteiger partial charge >= 0.3 is 18.5 Å². The lowest BCUT2D eigenvalue weighted by Crippen LogP contribution is -2.44. The molecule has 21 heteroatoms. The van der Waals surface area contributed by atoms with Crippen molar-refractivity contribution in [3.05, 3.63) is 0 Å². The van der Waals surface area contributed by atoms with Crippen LogP contribution >= 0.6 is 0 Å². The minimum absolute atomic E-state index is 0.0278. The highest BCUT2D eigenvalue weighted by Gasteiger charge is 2.52. The third kappa shape index (κ3) is 26.2. The Hall–Kier alpha value is -1.02. The average Bonchev–Trinajstić information content (AvgIpc) is 2.89. The summed E-state index contributed by atoms with van der Waals surface area (Å²) in [7, 11) is 0. The van der Waals surface area contributed by atoms with Crippen LogP contribution in [-0.4, -0.2) is 179 Å². The third-order valence-electron chi connectivity index (χ3n) is 4.40. The molecule has 0 aliphatic carbocycles. The molecule has 4 unspecified atom stereocenters. The first-order valence-corrected chi connectivity index (χ1v) is 13.1. The molecule has 0 spiro atoms. The number of halogens is 6. The molecule has 0 radical (unpaired) electrons. The molecule has 6 N–H and O–H groups in total. The van der Waals surface area contributed by atoms with E-state index in [1.807, 2.05) is 0 Å². The Morgan fingerprint density at radius 3 is 1.09 bits per heavy atom. The van der Waals surface area contributed by atoms with Gasteiger partial charge in [-0.15, -0.1) is 8.78 Å². The molecule has 44 heavy (non-hydrogen) atoms. The second-order valence-corrected chi connectivity index (χ2v) is 8.87. The summed E-state index contributed by atoms with van der Waals surface area (Å²) >= 11 is 0. The first kappa shape index (κ1) is 43.0. The fourth-order valence-corrected chi connectivity index (χ4v) is 2.71. The van der Waals surface area contributed by atoms with Crippen LogP contribution in [0.3, 0.4) is 0 Å². The molecule has 266 valence electrons. The second-order valence-electron chi connectivity index (χ2n) is 8.87. The van der Waals surface area contributed by atoms with Crippen LogP contribution in [0.1, 0.15) is 0 Å². The lowest BCUT2D eigenvalue weighted by Gasteiger charge is -2.26. The fraction of sp³-hybridized carbons (Fsp3) is 1.00. The van der Waals surface area contributed by atoms with E-state index in [0.29, 0.717) is 0 Å². The summed E-state index contributed by atoms with van der Waals surface area (Å²) in [6, 6.07) is 0. The lowest BCUT2D eigenvalue weighted by atomic mass is 10.4. The van der Waals surface area contributed by atoms with Crippen LogP contribution in [0.4, 0.5) is 26.3 Å². The van der Waals surface area contributed by atoms with Gasteiger partial charge in [-0.3, -0.25) is 0 Å². The molecule has 0 aliphatic heterocycles. The van der Waals surface area contributed by atoms with Crippen LogP contribution in [0.2, 0.25) is 0 Å². The highest BCUT2D eigenvalue weighted by atomic mass is 19.3. The highest BCUT2D eigenvalue weighted by molar-refractivity contribution is 4.60. The van der Waals surface area contributed by atoms with Crippen molar-refractivity contribution in [3.8, 4) is 0 Å². The summed E-state index contributed by atoms with van der Waals surface area (Å²) < 4.78 is 121. The van der Waals surface area contributed by atoms with Crippen LogP contribution in [0.25, 0.3) is 0 Å². The molecular formula is C23H42F6O15. The maximum Gasteiger partial charge on any atom is 0.495 e. The van der Waals surface area contributed by atoms with Gasteiger partial charge in [-0.05, 0) is 0 Å². The Balaban J connectivity index is 4.12. The van der Waals surface area contributed by atoms with Crippen LogP contribution in [-0.2, 0) is 42.6 Å². The summed E-state index contributed by atoms with van der Waals surface area (Å²) in [6.45, 7) is -7.93. The van der Waals surface area contributed by atoms with E-state index in [2.05, 4.69) is 18.9 Å². The van der Waals surface area contributed by atoms with E-state index in [1.54, 1.807) is 0 Å². The lowest BCUT2D eigenvalue weighted by molar-refractivity contribution is -0.518. The van der Waals surface area contributed by atoms with E-state index in [9.17, 15) is 46.8 Å². The van der Waals surface area contributed by atoms with Gasteiger partial charge in [0, 0.05) is 0 Å². The van der Waals surface area contributed by atoms with Gasteiger partial charge in [-0.25, -0.2) is 9.47 Å². The molecule has 0 saturated heterocycles. The van der Waals surface area contributed by atoms with Gasteiger partial charge < -0.3 is 63.8 Å². The van der Waals surface area contributed by atoms with Crippen molar-refractivity contribution in [3.63, 3.8) is 0 Å². The summed E-state index contributed by atoms with van der Waals surface area (Å²) in [5.74, 6) is 0. The number of ether oxygens (including phenoxy) is 9. The smallest absolute Gasteiger partial charge is 0.394 e. The van der Waals surface area contributed by atoms with Crippen molar-refractivity contribution < 1.29 is 99.6 Å². The van der Waals surface area contributed by atoms with Crippen molar-refractivity contribution in [2.24, 2.45) is 0 Å². The highest BCUT2D eigenvalue weighted by Crippen LogP contribution is 2.33. The van der Waals surface area contributed by atoms with Crippen molar-refractivity contribution >= 4 is 0 Å². The molecule has 0 saturated carbocycles. The monoisotopic (exact) mass is 672 g/mol. The zero-order valence-corrected chi connectivity index (χ0v) is 23.7. The topological polar surface area (TPSA) is 204 Å². The van der Waals surface area contributed by atoms with Gasteiger partial charge in [-0.1, -0.05) is 0 Å². The van der Waals surface area contributed by atoms with Crippen LogP contribution < -0.4 is 0 Å². The Kier molecular flexibility index (Phi) is 23.6. The van der Waals surface area contributed by atoms with Gasteiger partial charge in [0.25, 0.3) is 0 Å². The Morgan fingerprint density at radius 2 is 0.705 bits per heavy atom.